The number of hydrogen-bond acceptors (Lipinski definition) is 7. The summed E-state index contributed by atoms with van der Waals surface area (Å²) in [6.45, 7) is 22.3. The fourth-order valence-corrected chi connectivity index (χ4v) is 11.1. The SMILES string of the molecule is COC1(C)OC([C@H](O)/C=C/[C@H](C)CCC[C@H](C)CO[Si](C(C)C)(C(C)C)C(C)C)C(=O)O[C@]1(C)OC. The zero-order valence-electron chi connectivity index (χ0n) is 24.9. The van der Waals surface area contributed by atoms with Gasteiger partial charge in [-0.25, -0.2) is 4.79 Å². The molecule has 1 aliphatic heterocycles. The Bertz CT molecular complexity index is 688. The van der Waals surface area contributed by atoms with Crippen LogP contribution in [0.15, 0.2) is 12.2 Å². The van der Waals surface area contributed by atoms with Crippen molar-refractivity contribution in [1.29, 1.82) is 0 Å². The van der Waals surface area contributed by atoms with Crippen LogP contribution in [-0.4, -0.2) is 64.0 Å². The first-order valence-electron chi connectivity index (χ1n) is 13.6. The maximum atomic E-state index is 12.5. The highest BCUT2D eigenvalue weighted by Gasteiger charge is 2.58. The maximum Gasteiger partial charge on any atom is 0.341 e. The molecule has 2 unspecified atom stereocenters. The second-order valence-corrected chi connectivity index (χ2v) is 17.2. The number of carbonyl (C=O) groups excluding carboxylic acids is 1. The molecule has 0 spiro atoms. The topological polar surface area (TPSA) is 83.5 Å². The normalized spacial score (nSPS) is 28.2. The van der Waals surface area contributed by atoms with Crippen molar-refractivity contribution in [3.63, 3.8) is 0 Å². The fraction of sp³-hybridized carbons (Fsp3) is 0.893. The monoisotopic (exact) mass is 530 g/mol. The average Bonchev–Trinajstić information content (AvgIpc) is 2.79. The summed E-state index contributed by atoms with van der Waals surface area (Å²) >= 11 is 0. The lowest BCUT2D eigenvalue weighted by atomic mass is 9.98. The molecule has 0 radical (unpaired) electrons. The lowest BCUT2D eigenvalue weighted by Crippen LogP contribution is -2.65. The zero-order valence-corrected chi connectivity index (χ0v) is 25.9. The summed E-state index contributed by atoms with van der Waals surface area (Å²) in [5.74, 6) is -2.69. The number of aliphatic hydroxyl groups excluding tert-OH is 1. The van der Waals surface area contributed by atoms with Gasteiger partial charge in [0.15, 0.2) is 14.4 Å². The number of hydrogen-bond donors (Lipinski definition) is 1. The second-order valence-electron chi connectivity index (χ2n) is 11.8. The molecule has 1 aliphatic rings. The Morgan fingerprint density at radius 2 is 1.44 bits per heavy atom. The van der Waals surface area contributed by atoms with Gasteiger partial charge in [-0.15, -0.1) is 0 Å². The van der Waals surface area contributed by atoms with Crippen LogP contribution in [0.5, 0.6) is 0 Å². The zero-order chi connectivity index (χ0) is 27.9. The van der Waals surface area contributed by atoms with E-state index in [9.17, 15) is 9.90 Å². The molecule has 0 saturated carbocycles. The van der Waals surface area contributed by atoms with Crippen molar-refractivity contribution >= 4 is 14.3 Å². The molecule has 1 heterocycles. The minimum Gasteiger partial charge on any atom is -0.425 e. The van der Waals surface area contributed by atoms with Gasteiger partial charge >= 0.3 is 5.97 Å². The van der Waals surface area contributed by atoms with Crippen molar-refractivity contribution in [3.8, 4) is 0 Å². The van der Waals surface area contributed by atoms with Crippen molar-refractivity contribution in [2.75, 3.05) is 20.8 Å². The number of ether oxygens (including phenoxy) is 4. The van der Waals surface area contributed by atoms with Crippen LogP contribution in [0, 0.1) is 11.8 Å². The third kappa shape index (κ3) is 7.64. The first kappa shape index (κ1) is 33.3. The molecule has 7 nitrogen and oxygen atoms in total. The van der Waals surface area contributed by atoms with Gasteiger partial charge in [-0.1, -0.05) is 74.0 Å². The van der Waals surface area contributed by atoms with E-state index in [4.69, 9.17) is 23.4 Å². The van der Waals surface area contributed by atoms with Gasteiger partial charge < -0.3 is 28.5 Å². The van der Waals surface area contributed by atoms with Gasteiger partial charge in [0.1, 0.15) is 6.10 Å². The molecule has 0 aromatic rings. The first-order chi connectivity index (χ1) is 16.6. The number of cyclic esters (lactones) is 1. The molecule has 1 fully saturated rings. The molecule has 0 aromatic carbocycles. The van der Waals surface area contributed by atoms with Gasteiger partial charge in [0.25, 0.3) is 5.79 Å². The van der Waals surface area contributed by atoms with E-state index < -0.39 is 38.1 Å². The molecule has 0 bridgehead atoms. The molecule has 8 heteroatoms. The Balaban J connectivity index is 2.59. The quantitative estimate of drug-likeness (QED) is 0.153. The van der Waals surface area contributed by atoms with E-state index in [1.54, 1.807) is 19.9 Å². The van der Waals surface area contributed by atoms with Crippen LogP contribution in [0.1, 0.15) is 88.5 Å². The van der Waals surface area contributed by atoms with E-state index >= 15 is 0 Å². The van der Waals surface area contributed by atoms with E-state index in [0.717, 1.165) is 25.9 Å². The average molecular weight is 531 g/mol. The van der Waals surface area contributed by atoms with E-state index in [1.807, 2.05) is 6.08 Å². The summed E-state index contributed by atoms with van der Waals surface area (Å²) in [6, 6.07) is 0. The summed E-state index contributed by atoms with van der Waals surface area (Å²) in [4.78, 5) is 12.5. The highest BCUT2D eigenvalue weighted by molar-refractivity contribution is 6.77. The lowest BCUT2D eigenvalue weighted by molar-refractivity contribution is -0.409. The van der Waals surface area contributed by atoms with Crippen LogP contribution in [0.3, 0.4) is 0 Å². The maximum absolute atomic E-state index is 12.5. The van der Waals surface area contributed by atoms with Crippen LogP contribution in [-0.2, 0) is 28.2 Å². The fourth-order valence-electron chi connectivity index (χ4n) is 5.57. The second kappa shape index (κ2) is 13.9. The van der Waals surface area contributed by atoms with Crippen LogP contribution in [0.2, 0.25) is 16.6 Å². The Morgan fingerprint density at radius 3 is 1.92 bits per heavy atom. The Morgan fingerprint density at radius 1 is 0.917 bits per heavy atom. The molecule has 1 N–H and O–H groups in total. The molecular formula is C28H54O7Si. The predicted molar refractivity (Wildman–Crippen MR) is 146 cm³/mol. The summed E-state index contributed by atoms with van der Waals surface area (Å²) in [5.41, 5.74) is 1.78. The van der Waals surface area contributed by atoms with Crippen molar-refractivity contribution < 1.29 is 33.3 Å². The third-order valence-electron chi connectivity index (χ3n) is 8.11. The van der Waals surface area contributed by atoms with Gasteiger partial charge in [0.2, 0.25) is 5.79 Å². The van der Waals surface area contributed by atoms with Gasteiger partial charge in [-0.3, -0.25) is 0 Å². The minimum atomic E-state index is -1.83. The van der Waals surface area contributed by atoms with Gasteiger partial charge in [-0.2, -0.15) is 0 Å². The molecule has 0 amide bonds. The van der Waals surface area contributed by atoms with Crippen LogP contribution in [0.25, 0.3) is 0 Å². The molecule has 0 aliphatic carbocycles. The van der Waals surface area contributed by atoms with Crippen molar-refractivity contribution in [3.05, 3.63) is 12.2 Å². The van der Waals surface area contributed by atoms with Crippen LogP contribution in [0.4, 0.5) is 0 Å². The molecule has 6 atom stereocenters. The smallest absolute Gasteiger partial charge is 0.341 e. The number of aliphatic hydroxyl groups is 1. The summed E-state index contributed by atoms with van der Waals surface area (Å²) < 4.78 is 28.8. The van der Waals surface area contributed by atoms with Crippen LogP contribution < -0.4 is 0 Å². The highest BCUT2D eigenvalue weighted by atomic mass is 28.4. The molecule has 1 saturated heterocycles. The van der Waals surface area contributed by atoms with Crippen molar-refractivity contribution in [2.45, 2.75) is 129 Å². The number of allylic oxidation sites excluding steroid dienone is 1. The first-order valence-corrected chi connectivity index (χ1v) is 15.7. The van der Waals surface area contributed by atoms with Gasteiger partial charge in [0.05, 0.1) is 0 Å². The standard InChI is InChI=1S/C28H54O7Si/c1-19(2)36(20(3)4,21(5)6)33-18-23(8)15-13-14-22(7)16-17-24(29)25-26(30)35-28(10,32-12)27(9,31-11)34-25/h16-17,19-25,29H,13-15,18H2,1-12H3/b17-16+/t22-,23+,24-,25?,27?,28+/m1/s1. The highest BCUT2D eigenvalue weighted by Crippen LogP contribution is 2.42. The number of esters is 1. The minimum absolute atomic E-state index is 0.251. The Hall–Kier alpha value is -0.773. The lowest BCUT2D eigenvalue weighted by Gasteiger charge is -2.48. The summed E-state index contributed by atoms with van der Waals surface area (Å²) in [7, 11) is 1.03. The Labute approximate surface area is 221 Å². The molecule has 0 aromatic heterocycles. The summed E-state index contributed by atoms with van der Waals surface area (Å²) in [6.07, 6.45) is 4.37. The summed E-state index contributed by atoms with van der Waals surface area (Å²) in [5, 5.41) is 10.6. The van der Waals surface area contributed by atoms with Crippen molar-refractivity contribution in [1.82, 2.24) is 0 Å². The van der Waals surface area contributed by atoms with Gasteiger partial charge in [0, 0.05) is 27.8 Å². The molecule has 212 valence electrons. The van der Waals surface area contributed by atoms with E-state index in [0.29, 0.717) is 22.5 Å². The largest absolute Gasteiger partial charge is 0.425 e. The molecule has 1 rings (SSSR count). The molecular weight excluding hydrogens is 476 g/mol. The number of carbonyl (C=O) groups is 1. The third-order valence-corrected chi connectivity index (χ3v) is 14.2. The number of rotatable bonds is 15. The van der Waals surface area contributed by atoms with E-state index in [-0.39, 0.29) is 5.92 Å². The predicted octanol–water partition coefficient (Wildman–Crippen LogP) is 6.21. The Kier molecular flexibility index (Phi) is 12.8. The molecule has 36 heavy (non-hydrogen) atoms. The van der Waals surface area contributed by atoms with Gasteiger partial charge in [-0.05, 0) is 48.2 Å². The van der Waals surface area contributed by atoms with Crippen LogP contribution >= 0.6 is 0 Å². The van der Waals surface area contributed by atoms with Crippen molar-refractivity contribution in [2.24, 2.45) is 11.8 Å². The number of methoxy groups -OCH3 is 2. The van der Waals surface area contributed by atoms with E-state index in [2.05, 4.69) is 55.4 Å². The van der Waals surface area contributed by atoms with E-state index in [1.165, 1.54) is 14.2 Å².